The zero-order valence-corrected chi connectivity index (χ0v) is 74.3. The van der Waals surface area contributed by atoms with Crippen molar-refractivity contribution in [3.8, 4) is 11.4 Å². The predicted octanol–water partition coefficient (Wildman–Crippen LogP) is -1.10. The number of hydrogen-bond acceptors (Lipinski definition) is 40. The van der Waals surface area contributed by atoms with Gasteiger partial charge < -0.3 is 93.1 Å². The Labute approximate surface area is 753 Å². The summed E-state index contributed by atoms with van der Waals surface area (Å²) in [6.07, 6.45) is 44.7. The molecule has 5 spiro atoms. The summed E-state index contributed by atoms with van der Waals surface area (Å²) in [5.74, 6) is -24.8. The van der Waals surface area contributed by atoms with Gasteiger partial charge in [0.25, 0.3) is 18.0 Å². The van der Waals surface area contributed by atoms with E-state index in [-0.39, 0.29) is 0 Å². The van der Waals surface area contributed by atoms with Crippen LogP contribution >= 0.6 is 0 Å². The van der Waals surface area contributed by atoms with Crippen molar-refractivity contribution < 1.29 is 212 Å². The van der Waals surface area contributed by atoms with E-state index in [9.17, 15) is 95.9 Å². The molecule has 133 heavy (non-hydrogen) atoms. The number of carbonyl (C=O) groups excluding carboxylic acids is 20. The predicted molar refractivity (Wildman–Crippen MR) is 428 cm³/mol. The van der Waals surface area contributed by atoms with Crippen LogP contribution in [0.2, 0.25) is 0 Å². The van der Waals surface area contributed by atoms with Gasteiger partial charge in [-0.3, -0.25) is 0 Å². The Bertz CT molecular complexity index is 4960. The van der Waals surface area contributed by atoms with Crippen molar-refractivity contribution in [2.24, 2.45) is 21.1 Å². The van der Waals surface area contributed by atoms with Crippen LogP contribution in [0.5, 0.6) is 0 Å². The molecule has 50 nitrogen and oxygen atoms in total. The lowest BCUT2D eigenvalue weighted by Gasteiger charge is -2.21. The van der Waals surface area contributed by atoms with Crippen molar-refractivity contribution in [3.63, 3.8) is 0 Å². The smallest absolute Gasteiger partial charge is 0.576 e. The number of hydrogen-bond donors (Lipinski definition) is 0. The van der Waals surface area contributed by atoms with Crippen molar-refractivity contribution in [2.45, 2.75) is 185 Å². The molecule has 2 aliphatic carbocycles. The van der Waals surface area contributed by atoms with Crippen LogP contribution in [0, 0.1) is 55.4 Å². The Morgan fingerprint density at radius 3 is 0.895 bits per heavy atom. The quantitative estimate of drug-likeness (QED) is 0.0940. The summed E-state index contributed by atoms with van der Waals surface area (Å²) in [5.41, 5.74) is 10.4. The molecule has 7 aromatic rings. The van der Waals surface area contributed by atoms with Gasteiger partial charge in [-0.15, -0.1) is 0 Å². The Balaban J connectivity index is 0.000000155. The second-order valence-electron chi connectivity index (χ2n) is 30.8. The summed E-state index contributed by atoms with van der Waals surface area (Å²) >= 11 is 0. The van der Waals surface area contributed by atoms with Crippen LogP contribution in [0.15, 0.2) is 105 Å². The Kier molecular flexibility index (Phi) is 31.2. The highest BCUT2D eigenvalue weighted by molar-refractivity contribution is 6.76. The van der Waals surface area contributed by atoms with E-state index in [4.69, 9.17) is 0 Å². The minimum atomic E-state index is -3.30. The minimum Gasteiger partial charge on any atom is -0.576 e. The molecule has 0 bridgehead atoms. The van der Waals surface area contributed by atoms with Crippen molar-refractivity contribution in [3.05, 3.63) is 150 Å². The largest absolute Gasteiger partial charge is 0.786 e. The summed E-state index contributed by atoms with van der Waals surface area (Å²) < 4.78 is 105. The van der Waals surface area contributed by atoms with Gasteiger partial charge in [-0.2, -0.15) is 0 Å². The number of imidazole rings is 5. The molecule has 2 aromatic carbocycles. The molecule has 15 heterocycles. The number of aryl methyl sites for hydroxylation is 12. The third-order valence-electron chi connectivity index (χ3n) is 20.9. The van der Waals surface area contributed by atoms with Gasteiger partial charge in [-0.25, -0.2) is 142 Å². The third-order valence-corrected chi connectivity index (χ3v) is 20.9. The summed E-state index contributed by atoms with van der Waals surface area (Å²) in [5, 5.41) is 0. The van der Waals surface area contributed by atoms with Crippen molar-refractivity contribution >= 4 is 154 Å². The summed E-state index contributed by atoms with van der Waals surface area (Å²) in [7, 11) is 6.16. The molecule has 0 amide bonds. The van der Waals surface area contributed by atoms with Gasteiger partial charge in [0, 0.05) is 13.8 Å². The first-order chi connectivity index (χ1) is 62.7. The van der Waals surface area contributed by atoms with Crippen LogP contribution < -0.4 is 22.8 Å². The molecule has 0 unspecified atom stereocenters. The molecule has 19 rings (SSSR count). The van der Waals surface area contributed by atoms with Crippen LogP contribution in [0.1, 0.15) is 155 Å². The van der Waals surface area contributed by atoms with Crippen LogP contribution in [-0.2, 0) is 230 Å². The molecular formula is C78H91B5N10O40. The first kappa shape index (κ1) is 99.4. The van der Waals surface area contributed by atoms with Crippen LogP contribution in [0.3, 0.4) is 0 Å². The molecular weight excluding hydrogens is 1770 g/mol. The highest BCUT2D eigenvalue weighted by atomic mass is 17.0. The van der Waals surface area contributed by atoms with Crippen molar-refractivity contribution in [1.29, 1.82) is 0 Å². The second kappa shape index (κ2) is 41.8. The fraction of sp³-hybridized carbons (Fsp3) is 0.397. The molecule has 708 valence electrons. The second-order valence-corrected chi connectivity index (χ2v) is 30.8. The number of aromatic nitrogens is 10. The molecule has 0 radical (unpaired) electrons. The fourth-order valence-corrected chi connectivity index (χ4v) is 14.4. The molecule has 2 saturated carbocycles. The molecule has 0 N–H and O–H groups in total. The van der Waals surface area contributed by atoms with Gasteiger partial charge in [0.15, 0.2) is 0 Å². The summed E-state index contributed by atoms with van der Waals surface area (Å²) in [6.45, 7) is 10.6. The molecule has 0 atom stereocenters. The van der Waals surface area contributed by atoms with E-state index in [1.165, 1.54) is 133 Å². The molecule has 55 heteroatoms. The van der Waals surface area contributed by atoms with Crippen LogP contribution in [0.25, 0.3) is 11.4 Å². The molecule has 10 aliphatic heterocycles. The van der Waals surface area contributed by atoms with E-state index < -0.39 is 154 Å². The van der Waals surface area contributed by atoms with E-state index >= 15 is 0 Å². The average Bonchev–Trinajstić information content (AvgIpc) is 1.67. The number of benzene rings is 2. The fourth-order valence-electron chi connectivity index (χ4n) is 14.4. The number of unbranched alkanes of at least 4 members (excludes halogenated alkanes) is 1. The van der Waals surface area contributed by atoms with Gasteiger partial charge in [0.1, 0.15) is 85.4 Å². The lowest BCUT2D eigenvalue weighted by atomic mass is 9.95. The minimum absolute atomic E-state index is 0.786. The molecule has 12 aliphatic rings. The monoisotopic (exact) mass is 1860 g/mol. The average molecular weight is 1860 g/mol. The normalized spacial score (nSPS) is 18.8. The van der Waals surface area contributed by atoms with Gasteiger partial charge in [-0.05, 0) is 135 Å². The number of rotatable bonds is 9. The Hall–Kier alpha value is -15.8. The van der Waals surface area contributed by atoms with E-state index in [1.54, 1.807) is 0 Å². The Morgan fingerprint density at radius 1 is 0.323 bits per heavy atom. The Morgan fingerprint density at radius 2 is 0.632 bits per heavy atom. The lowest BCUT2D eigenvalue weighted by Crippen LogP contribution is -2.40. The van der Waals surface area contributed by atoms with Gasteiger partial charge >= 0.3 is 154 Å². The number of carbonyl (C=O) groups is 20. The standard InChI is InChI=1S/C21H25N2.C15H25N2.C9H17N2.C7H13N2.C6H11N2.5C4BO8/c1-14-9-16(3)20(17(4)10-14)22-7-8-23(13-22)21-18(5)11-15(2)12-19(21)6;1-3-7-14(8-4-1)16-11-12-17(13-16)15-9-5-2-6-10-15;1-4-5-6-11-8-7-10(3)9(11)2;1-4-9-6-5-8(3)7(9)2;1-3-8-5-4-7(2)6-8;5*6-1-2(7)11-5(10-1)12-3(8)4(9)13-5/h7-13H,1-6H3;11-15H,1-10H2;7-8H,4-6H2,1-3H3;5-6H,4H2,1-3H3;4-6H,3H2,1-2H3;;;;;/q5*+1;5*-1. The van der Waals surface area contributed by atoms with Crippen LogP contribution in [-0.4, -0.2) is 177 Å². The molecule has 10 saturated heterocycles. The van der Waals surface area contributed by atoms with Crippen molar-refractivity contribution in [2.75, 3.05) is 0 Å². The van der Waals surface area contributed by atoms with Gasteiger partial charge in [-0.1, -0.05) is 61.6 Å². The molecule has 12 fully saturated rings. The zero-order valence-electron chi connectivity index (χ0n) is 74.3. The first-order valence-electron chi connectivity index (χ1n) is 41.4. The first-order valence-corrected chi connectivity index (χ1v) is 41.4. The van der Waals surface area contributed by atoms with E-state index in [0.717, 1.165) is 31.7 Å². The maximum Gasteiger partial charge on any atom is 0.786 e. The molecule has 5 aromatic heterocycles. The number of nitrogens with zero attached hydrogens (tertiary/aromatic N) is 10. The van der Waals surface area contributed by atoms with E-state index in [2.05, 4.69) is 323 Å². The highest BCUT2D eigenvalue weighted by Crippen LogP contribution is 2.32. The maximum atomic E-state index is 10.5. The van der Waals surface area contributed by atoms with Gasteiger partial charge in [0.05, 0.1) is 40.8 Å². The maximum absolute atomic E-state index is 10.5. The third kappa shape index (κ3) is 24.4. The van der Waals surface area contributed by atoms with Gasteiger partial charge in [0.2, 0.25) is 12.7 Å². The topological polar surface area (TPSA) is 570 Å². The zero-order chi connectivity index (χ0) is 97.5. The van der Waals surface area contributed by atoms with E-state index in [0.29, 0.717) is 0 Å². The van der Waals surface area contributed by atoms with E-state index in [1.807, 2.05) is 17.8 Å². The van der Waals surface area contributed by atoms with Crippen LogP contribution in [0.4, 0.5) is 0 Å². The highest BCUT2D eigenvalue weighted by Gasteiger charge is 2.64. The van der Waals surface area contributed by atoms with Crippen molar-refractivity contribution in [1.82, 2.24) is 22.8 Å². The lowest BCUT2D eigenvalue weighted by molar-refractivity contribution is -0.725. The SMILES string of the molecule is CCCCn1cc[n+](C)c1C.CCn1cc[n+](C)c1.CCn1cc[n+](C)c1C.Cc1cc(C)c(-n2cc[n+](-c3c(C)cc(C)cc3C)c2)c(C)c1.O=C1O[B-]2(OC1=O)OC(=O)C(=O)O2.O=C1O[B-]2(OC1=O)OC(=O)C(=O)O2.O=C1O[B-]2(OC1=O)OC(=O)C(=O)O2.O=C1O[B-]2(OC1=O)OC(=O)C(=O)O2.O=C1O[B-]2(OC1=O)OC(=O)C(=O)O2.c1c[n+](C2CCCCC2)cn1C1CCCCC1. The summed E-state index contributed by atoms with van der Waals surface area (Å²) in [6, 6.07) is 10.6. The summed E-state index contributed by atoms with van der Waals surface area (Å²) in [4.78, 5) is 210.